The lowest BCUT2D eigenvalue weighted by molar-refractivity contribution is -0.144. The maximum atomic E-state index is 11.8. The second-order valence-electron chi connectivity index (χ2n) is 4.60. The Morgan fingerprint density at radius 2 is 2.40 bits per heavy atom. The van der Waals surface area contributed by atoms with Crippen LogP contribution < -0.4 is 5.32 Å². The highest BCUT2D eigenvalue weighted by Gasteiger charge is 2.34. The molecule has 0 aromatic carbocycles. The molecule has 1 aromatic rings. The topological polar surface area (TPSA) is 78.9 Å². The van der Waals surface area contributed by atoms with E-state index in [1.807, 2.05) is 11.4 Å². The van der Waals surface area contributed by atoms with E-state index in [1.165, 1.54) is 0 Å². The second kappa shape index (κ2) is 6.83. The molecule has 1 amide bonds. The minimum absolute atomic E-state index is 0.0932. The molecular formula is C13H18N2O4S. The molecule has 0 saturated heterocycles. The summed E-state index contributed by atoms with van der Waals surface area (Å²) in [5, 5.41) is 14.0. The van der Waals surface area contributed by atoms with E-state index in [-0.39, 0.29) is 12.5 Å². The zero-order valence-corrected chi connectivity index (χ0v) is 12.1. The number of carboxylic acid groups (broad SMARTS) is 1. The Hall–Kier alpha value is -1.44. The van der Waals surface area contributed by atoms with Crippen molar-refractivity contribution in [3.8, 4) is 0 Å². The maximum Gasteiger partial charge on any atom is 0.325 e. The van der Waals surface area contributed by atoms with Crippen LogP contribution >= 0.6 is 11.3 Å². The van der Waals surface area contributed by atoms with E-state index in [1.54, 1.807) is 23.3 Å². The van der Waals surface area contributed by atoms with Gasteiger partial charge in [-0.2, -0.15) is 0 Å². The van der Waals surface area contributed by atoms with Gasteiger partial charge < -0.3 is 15.2 Å². The van der Waals surface area contributed by atoms with Crippen molar-refractivity contribution in [3.63, 3.8) is 0 Å². The molecule has 2 rings (SSSR count). The number of rotatable bonds is 6. The van der Waals surface area contributed by atoms with Crippen LogP contribution in [0.15, 0.2) is 11.4 Å². The molecule has 7 heteroatoms. The molecule has 0 bridgehead atoms. The largest absolute Gasteiger partial charge is 0.480 e. The van der Waals surface area contributed by atoms with Gasteiger partial charge in [0.25, 0.3) is 0 Å². The molecular weight excluding hydrogens is 280 g/mol. The Morgan fingerprint density at radius 3 is 3.10 bits per heavy atom. The van der Waals surface area contributed by atoms with Crippen LogP contribution in [0.3, 0.4) is 0 Å². The molecule has 0 spiro atoms. The lowest BCUT2D eigenvalue weighted by Crippen LogP contribution is -2.45. The summed E-state index contributed by atoms with van der Waals surface area (Å²) < 4.78 is 4.86. The van der Waals surface area contributed by atoms with E-state index < -0.39 is 12.0 Å². The highest BCUT2D eigenvalue weighted by atomic mass is 32.1. The highest BCUT2D eigenvalue weighted by Crippen LogP contribution is 2.33. The Morgan fingerprint density at radius 1 is 1.60 bits per heavy atom. The van der Waals surface area contributed by atoms with Crippen molar-refractivity contribution in [2.45, 2.75) is 12.5 Å². The Kier molecular flexibility index (Phi) is 5.11. The molecule has 0 fully saturated rings. The minimum Gasteiger partial charge on any atom is -0.480 e. The van der Waals surface area contributed by atoms with E-state index in [9.17, 15) is 14.7 Å². The fraction of sp³-hybridized carbons (Fsp3) is 0.538. The van der Waals surface area contributed by atoms with Crippen molar-refractivity contribution in [1.29, 1.82) is 0 Å². The fourth-order valence-corrected chi connectivity index (χ4v) is 3.26. The van der Waals surface area contributed by atoms with Gasteiger partial charge in [0.1, 0.15) is 6.04 Å². The number of thiophene rings is 1. The third-order valence-corrected chi connectivity index (χ3v) is 4.27. The summed E-state index contributed by atoms with van der Waals surface area (Å²) in [6.45, 7) is 1.56. The summed E-state index contributed by atoms with van der Waals surface area (Å²) >= 11 is 1.58. The van der Waals surface area contributed by atoms with Crippen molar-refractivity contribution < 1.29 is 19.4 Å². The smallest absolute Gasteiger partial charge is 0.325 e. The van der Waals surface area contributed by atoms with Crippen molar-refractivity contribution in [2.24, 2.45) is 0 Å². The number of nitrogens with one attached hydrogen (secondary N) is 1. The van der Waals surface area contributed by atoms with Gasteiger partial charge in [-0.3, -0.25) is 14.5 Å². The van der Waals surface area contributed by atoms with Crippen LogP contribution in [0.2, 0.25) is 0 Å². The number of fused-ring (bicyclic) bond motifs is 1. The third-order valence-electron chi connectivity index (χ3n) is 3.27. The Balaban J connectivity index is 2.01. The SMILES string of the molecule is COCCNC(=O)CN1CCc2sccc2C1C(=O)O. The van der Waals surface area contributed by atoms with Gasteiger partial charge in [0, 0.05) is 25.1 Å². The second-order valence-corrected chi connectivity index (χ2v) is 5.60. The van der Waals surface area contributed by atoms with E-state index >= 15 is 0 Å². The van der Waals surface area contributed by atoms with Crippen molar-refractivity contribution in [3.05, 3.63) is 21.9 Å². The summed E-state index contributed by atoms with van der Waals surface area (Å²) in [6.07, 6.45) is 0.794. The molecule has 6 nitrogen and oxygen atoms in total. The molecule has 1 atom stereocenters. The summed E-state index contributed by atoms with van der Waals surface area (Å²) in [7, 11) is 1.56. The average molecular weight is 298 g/mol. The van der Waals surface area contributed by atoms with Gasteiger partial charge in [-0.05, 0) is 23.4 Å². The number of aliphatic carboxylic acids is 1. The zero-order chi connectivity index (χ0) is 14.5. The number of amides is 1. The lowest BCUT2D eigenvalue weighted by Gasteiger charge is -2.32. The van der Waals surface area contributed by atoms with Gasteiger partial charge in [0.2, 0.25) is 5.91 Å². The predicted octanol–water partition coefficient (Wildman–Crippen LogP) is 0.494. The van der Waals surface area contributed by atoms with Crippen LogP contribution in [0.5, 0.6) is 0 Å². The van der Waals surface area contributed by atoms with Crippen LogP contribution in [0, 0.1) is 0 Å². The molecule has 1 aromatic heterocycles. The fourth-order valence-electron chi connectivity index (χ4n) is 2.36. The quantitative estimate of drug-likeness (QED) is 0.748. The first kappa shape index (κ1) is 15.0. The number of methoxy groups -OCH3 is 1. The first-order valence-corrected chi connectivity index (χ1v) is 7.30. The molecule has 1 unspecified atom stereocenters. The molecule has 2 N–H and O–H groups in total. The van der Waals surface area contributed by atoms with E-state index in [0.29, 0.717) is 19.7 Å². The van der Waals surface area contributed by atoms with Gasteiger partial charge in [-0.15, -0.1) is 11.3 Å². The van der Waals surface area contributed by atoms with Crippen LogP contribution in [0.25, 0.3) is 0 Å². The molecule has 0 radical (unpaired) electrons. The Bertz CT molecular complexity index is 488. The molecule has 20 heavy (non-hydrogen) atoms. The maximum absolute atomic E-state index is 11.8. The van der Waals surface area contributed by atoms with Crippen molar-refractivity contribution in [2.75, 3.05) is 33.4 Å². The van der Waals surface area contributed by atoms with E-state index in [0.717, 1.165) is 16.9 Å². The van der Waals surface area contributed by atoms with Crippen molar-refractivity contribution in [1.82, 2.24) is 10.2 Å². The average Bonchev–Trinajstić information content (AvgIpc) is 2.86. The number of hydrogen-bond donors (Lipinski definition) is 2. The summed E-state index contributed by atoms with van der Waals surface area (Å²) in [4.78, 5) is 26.1. The van der Waals surface area contributed by atoms with Gasteiger partial charge in [-0.1, -0.05) is 0 Å². The number of carboxylic acids is 1. The normalized spacial score (nSPS) is 18.6. The van der Waals surface area contributed by atoms with Crippen LogP contribution in [-0.4, -0.2) is 55.2 Å². The molecule has 1 aliphatic rings. The monoisotopic (exact) mass is 298 g/mol. The lowest BCUT2D eigenvalue weighted by atomic mass is 10.00. The van der Waals surface area contributed by atoms with Crippen LogP contribution in [0.4, 0.5) is 0 Å². The van der Waals surface area contributed by atoms with Gasteiger partial charge in [0.05, 0.1) is 13.2 Å². The molecule has 0 aliphatic carbocycles. The first-order chi connectivity index (χ1) is 9.63. The first-order valence-electron chi connectivity index (χ1n) is 6.42. The summed E-state index contributed by atoms with van der Waals surface area (Å²) in [5.41, 5.74) is 0.818. The summed E-state index contributed by atoms with van der Waals surface area (Å²) in [5.74, 6) is -1.08. The molecule has 0 saturated carbocycles. The highest BCUT2D eigenvalue weighted by molar-refractivity contribution is 7.10. The van der Waals surface area contributed by atoms with Gasteiger partial charge in [-0.25, -0.2) is 0 Å². The number of hydrogen-bond acceptors (Lipinski definition) is 5. The zero-order valence-electron chi connectivity index (χ0n) is 11.3. The van der Waals surface area contributed by atoms with Gasteiger partial charge >= 0.3 is 5.97 Å². The van der Waals surface area contributed by atoms with Crippen LogP contribution in [0.1, 0.15) is 16.5 Å². The molecule has 2 heterocycles. The standard InChI is InChI=1S/C13H18N2O4S/c1-19-6-4-14-11(16)8-15-5-2-10-9(3-7-20-10)12(15)13(17)18/h3,7,12H,2,4-6,8H2,1H3,(H,14,16)(H,17,18). The number of carbonyl (C=O) groups is 2. The number of ether oxygens (including phenoxy) is 1. The van der Waals surface area contributed by atoms with E-state index in [2.05, 4.69) is 5.32 Å². The van der Waals surface area contributed by atoms with E-state index in [4.69, 9.17) is 4.74 Å². The number of nitrogens with zero attached hydrogens (tertiary/aromatic N) is 1. The predicted molar refractivity (Wildman–Crippen MR) is 74.9 cm³/mol. The van der Waals surface area contributed by atoms with Crippen molar-refractivity contribution >= 4 is 23.2 Å². The molecule has 1 aliphatic heterocycles. The number of carbonyl (C=O) groups excluding carboxylic acids is 1. The third kappa shape index (κ3) is 3.36. The summed E-state index contributed by atoms with van der Waals surface area (Å²) in [6, 6.07) is 1.12. The van der Waals surface area contributed by atoms with Gasteiger partial charge in [0.15, 0.2) is 0 Å². The van der Waals surface area contributed by atoms with Crippen LogP contribution in [-0.2, 0) is 20.7 Å². The minimum atomic E-state index is -0.908. The molecule has 110 valence electrons. The Labute approximate surface area is 121 Å².